The summed E-state index contributed by atoms with van der Waals surface area (Å²) in [4.78, 5) is 28.2. The van der Waals surface area contributed by atoms with E-state index in [1.807, 2.05) is 49.4 Å². The summed E-state index contributed by atoms with van der Waals surface area (Å²) in [6.07, 6.45) is 3.07. The van der Waals surface area contributed by atoms with Gasteiger partial charge < -0.3 is 10.8 Å². The Bertz CT molecular complexity index is 1360. The summed E-state index contributed by atoms with van der Waals surface area (Å²) in [6, 6.07) is 21.6. The molecule has 0 unspecified atom stereocenters. The maximum atomic E-state index is 12.3. The van der Waals surface area contributed by atoms with Gasteiger partial charge in [-0.15, -0.1) is 0 Å². The smallest absolute Gasteiger partial charge is 0.269 e. The standard InChI is InChI=1S/C29H30N4O3/c1-19-16-26(28(30)35)32-33(19)24-11-6-21(7-12-24)17-20-4-8-22(9-5-20)25-13-10-23(18-31-25)27(34)14-15-29(2,3)36/h4-13,16,18,36H,14-15,17H2,1-3H3,(H2,30,35). The highest BCUT2D eigenvalue weighted by molar-refractivity contribution is 5.96. The zero-order chi connectivity index (χ0) is 25.9. The van der Waals surface area contributed by atoms with Crippen molar-refractivity contribution >= 4 is 11.7 Å². The number of hydrogen-bond donors (Lipinski definition) is 2. The molecule has 4 rings (SSSR count). The molecular formula is C29H30N4O3. The number of primary amides is 1. The molecule has 0 aliphatic heterocycles. The topological polar surface area (TPSA) is 111 Å². The van der Waals surface area contributed by atoms with Crippen LogP contribution < -0.4 is 5.73 Å². The first-order valence-corrected chi connectivity index (χ1v) is 11.9. The van der Waals surface area contributed by atoms with Crippen LogP contribution in [0.1, 0.15) is 64.4 Å². The maximum Gasteiger partial charge on any atom is 0.269 e. The molecule has 4 aromatic rings. The predicted molar refractivity (Wildman–Crippen MR) is 139 cm³/mol. The van der Waals surface area contributed by atoms with Gasteiger partial charge in [-0.25, -0.2) is 4.68 Å². The molecule has 0 fully saturated rings. The fourth-order valence-electron chi connectivity index (χ4n) is 3.93. The first kappa shape index (κ1) is 25.0. The monoisotopic (exact) mass is 482 g/mol. The van der Waals surface area contributed by atoms with Crippen molar-refractivity contribution in [2.75, 3.05) is 0 Å². The minimum atomic E-state index is -0.859. The van der Waals surface area contributed by atoms with Crippen molar-refractivity contribution < 1.29 is 14.7 Å². The molecule has 1 amide bonds. The molecule has 7 nitrogen and oxygen atoms in total. The third-order valence-electron chi connectivity index (χ3n) is 6.03. The summed E-state index contributed by atoms with van der Waals surface area (Å²) >= 11 is 0. The van der Waals surface area contributed by atoms with Crippen LogP contribution in [0, 0.1) is 6.92 Å². The summed E-state index contributed by atoms with van der Waals surface area (Å²) in [7, 11) is 0. The summed E-state index contributed by atoms with van der Waals surface area (Å²) in [5, 5.41) is 14.1. The number of pyridine rings is 1. The number of carbonyl (C=O) groups excluding carboxylic acids is 2. The van der Waals surface area contributed by atoms with Crippen molar-refractivity contribution in [1.82, 2.24) is 14.8 Å². The first-order chi connectivity index (χ1) is 17.1. The second-order valence-electron chi connectivity index (χ2n) is 9.65. The first-order valence-electron chi connectivity index (χ1n) is 11.9. The molecule has 0 aliphatic rings. The highest BCUT2D eigenvalue weighted by Crippen LogP contribution is 2.21. The number of aromatic nitrogens is 3. The van der Waals surface area contributed by atoms with E-state index in [1.165, 1.54) is 0 Å². The highest BCUT2D eigenvalue weighted by atomic mass is 16.3. The molecule has 0 aliphatic carbocycles. The Hall–Kier alpha value is -4.10. The van der Waals surface area contributed by atoms with Crippen molar-refractivity contribution in [3.05, 3.63) is 101 Å². The fourth-order valence-corrected chi connectivity index (χ4v) is 3.93. The summed E-state index contributed by atoms with van der Waals surface area (Å²) in [5.74, 6) is -0.563. The molecule has 36 heavy (non-hydrogen) atoms. The Morgan fingerprint density at radius 1 is 0.972 bits per heavy atom. The Labute approximate surface area is 210 Å². The molecule has 3 N–H and O–H groups in total. The molecule has 0 spiro atoms. The minimum Gasteiger partial charge on any atom is -0.390 e. The van der Waals surface area contributed by atoms with Crippen LogP contribution in [0.3, 0.4) is 0 Å². The lowest BCUT2D eigenvalue weighted by Crippen LogP contribution is -2.19. The molecule has 0 saturated carbocycles. The van der Waals surface area contributed by atoms with Crippen LogP contribution in [-0.4, -0.2) is 37.2 Å². The third kappa shape index (κ3) is 6.12. The van der Waals surface area contributed by atoms with Crippen molar-refractivity contribution in [1.29, 1.82) is 0 Å². The number of Topliss-reactive ketones (excluding diaryl/α,β-unsaturated/α-hetero) is 1. The van der Waals surface area contributed by atoms with E-state index in [0.29, 0.717) is 12.0 Å². The number of nitrogens with zero attached hydrogens (tertiary/aromatic N) is 3. The Kier molecular flexibility index (Phi) is 7.12. The van der Waals surface area contributed by atoms with Crippen LogP contribution in [0.25, 0.3) is 16.9 Å². The Balaban J connectivity index is 1.40. The quantitative estimate of drug-likeness (QED) is 0.337. The van der Waals surface area contributed by atoms with Gasteiger partial charge in [0.2, 0.25) is 0 Å². The number of benzene rings is 2. The maximum absolute atomic E-state index is 12.3. The van der Waals surface area contributed by atoms with E-state index >= 15 is 0 Å². The van der Waals surface area contributed by atoms with Crippen molar-refractivity contribution in [3.63, 3.8) is 0 Å². The minimum absolute atomic E-state index is 0.0198. The Morgan fingerprint density at radius 2 is 1.61 bits per heavy atom. The van der Waals surface area contributed by atoms with Gasteiger partial charge in [0.1, 0.15) is 0 Å². The molecular weight excluding hydrogens is 452 g/mol. The summed E-state index contributed by atoms with van der Waals surface area (Å²) in [6.45, 7) is 5.28. The molecule has 0 saturated heterocycles. The number of hydrogen-bond acceptors (Lipinski definition) is 5. The van der Waals surface area contributed by atoms with Gasteiger partial charge in [0, 0.05) is 29.4 Å². The van der Waals surface area contributed by atoms with Gasteiger partial charge in [0.25, 0.3) is 5.91 Å². The number of aryl methyl sites for hydroxylation is 1. The van der Waals surface area contributed by atoms with Crippen LogP contribution in [0.15, 0.2) is 72.9 Å². The van der Waals surface area contributed by atoms with Crippen LogP contribution >= 0.6 is 0 Å². The van der Waals surface area contributed by atoms with Gasteiger partial charge in [0.05, 0.1) is 17.0 Å². The van der Waals surface area contributed by atoms with Crippen LogP contribution in [0.5, 0.6) is 0 Å². The second-order valence-corrected chi connectivity index (χ2v) is 9.65. The van der Waals surface area contributed by atoms with E-state index in [-0.39, 0.29) is 17.9 Å². The SMILES string of the molecule is Cc1cc(C(N)=O)nn1-c1ccc(Cc2ccc(-c3ccc(C(=O)CCC(C)(C)O)cn3)cc2)cc1. The number of aliphatic hydroxyl groups is 1. The van der Waals surface area contributed by atoms with E-state index in [0.717, 1.165) is 40.2 Å². The highest BCUT2D eigenvalue weighted by Gasteiger charge is 2.16. The van der Waals surface area contributed by atoms with E-state index in [4.69, 9.17) is 5.73 Å². The molecule has 0 bridgehead atoms. The zero-order valence-electron chi connectivity index (χ0n) is 20.7. The summed E-state index contributed by atoms with van der Waals surface area (Å²) < 4.78 is 1.71. The third-order valence-corrected chi connectivity index (χ3v) is 6.03. The molecule has 0 atom stereocenters. The van der Waals surface area contributed by atoms with Crippen molar-refractivity contribution in [3.8, 4) is 16.9 Å². The number of ketones is 1. The van der Waals surface area contributed by atoms with E-state index in [2.05, 4.69) is 22.2 Å². The lowest BCUT2D eigenvalue weighted by molar-refractivity contribution is 0.0633. The van der Waals surface area contributed by atoms with Gasteiger partial charge in [-0.05, 0) is 75.1 Å². The van der Waals surface area contributed by atoms with Crippen molar-refractivity contribution in [2.24, 2.45) is 5.73 Å². The fraction of sp³-hybridized carbons (Fsp3) is 0.241. The number of rotatable bonds is 9. The van der Waals surface area contributed by atoms with Crippen LogP contribution in [0.4, 0.5) is 0 Å². The molecule has 184 valence electrons. The predicted octanol–water partition coefficient (Wildman–Crippen LogP) is 4.67. The number of nitrogens with two attached hydrogens (primary N) is 1. The second kappa shape index (κ2) is 10.3. The van der Waals surface area contributed by atoms with Crippen molar-refractivity contribution in [2.45, 2.75) is 45.6 Å². The van der Waals surface area contributed by atoms with E-state index in [1.54, 1.807) is 36.9 Å². The van der Waals surface area contributed by atoms with Crippen LogP contribution in [0.2, 0.25) is 0 Å². The zero-order valence-corrected chi connectivity index (χ0v) is 20.7. The van der Waals surface area contributed by atoms with Gasteiger partial charge >= 0.3 is 0 Å². The van der Waals surface area contributed by atoms with Gasteiger partial charge in [-0.2, -0.15) is 5.10 Å². The van der Waals surface area contributed by atoms with E-state index in [9.17, 15) is 14.7 Å². The van der Waals surface area contributed by atoms with Gasteiger partial charge in [-0.1, -0.05) is 36.4 Å². The molecule has 2 aromatic carbocycles. The van der Waals surface area contributed by atoms with Gasteiger partial charge in [0.15, 0.2) is 11.5 Å². The lowest BCUT2D eigenvalue weighted by atomic mass is 9.98. The normalized spacial score (nSPS) is 11.4. The number of carbonyl (C=O) groups is 2. The lowest BCUT2D eigenvalue weighted by Gasteiger charge is -2.15. The average molecular weight is 483 g/mol. The van der Waals surface area contributed by atoms with Gasteiger partial charge in [-0.3, -0.25) is 14.6 Å². The molecule has 0 radical (unpaired) electrons. The molecule has 2 heterocycles. The molecule has 7 heteroatoms. The largest absolute Gasteiger partial charge is 0.390 e. The van der Waals surface area contributed by atoms with E-state index < -0.39 is 11.5 Å². The summed E-state index contributed by atoms with van der Waals surface area (Å²) in [5.41, 5.74) is 11.1. The average Bonchev–Trinajstić information content (AvgIpc) is 3.25. The Morgan fingerprint density at radius 3 is 2.14 bits per heavy atom. The number of amides is 1. The van der Waals surface area contributed by atoms with Crippen LogP contribution in [-0.2, 0) is 6.42 Å². The molecule has 2 aromatic heterocycles.